The number of aliphatic carboxylic acids is 1. The van der Waals surface area contributed by atoms with Gasteiger partial charge in [0.1, 0.15) is 36.3 Å². The van der Waals surface area contributed by atoms with Gasteiger partial charge in [-0.2, -0.15) is 0 Å². The van der Waals surface area contributed by atoms with Gasteiger partial charge in [-0.15, -0.1) is 0 Å². The van der Waals surface area contributed by atoms with Crippen molar-refractivity contribution in [3.8, 4) is 0 Å². The van der Waals surface area contributed by atoms with Crippen LogP contribution in [-0.2, 0) is 38.4 Å². The number of carbonyl (C=O) groups excluding carboxylic acids is 7. The van der Waals surface area contributed by atoms with E-state index in [9.17, 15) is 48.6 Å². The molecule has 262 valence electrons. The topological polar surface area (TPSA) is 321 Å². The molecule has 0 unspecified atom stereocenters. The zero-order chi connectivity index (χ0) is 35.9. The number of carboxylic acid groups (broad SMARTS) is 1. The first-order valence-corrected chi connectivity index (χ1v) is 14.6. The van der Waals surface area contributed by atoms with Gasteiger partial charge in [0.15, 0.2) is 0 Å². The lowest BCUT2D eigenvalue weighted by atomic mass is 10.0. The molecule has 0 rings (SSSR count). The Morgan fingerprint density at radius 2 is 1.20 bits per heavy atom. The number of rotatable bonds is 20. The molecule has 19 heteroatoms. The molecular formula is C27H48N8O11. The summed E-state index contributed by atoms with van der Waals surface area (Å²) in [7, 11) is 0. The number of hydrogen-bond acceptors (Lipinski definition) is 11. The van der Waals surface area contributed by atoms with Crippen LogP contribution in [0.5, 0.6) is 0 Å². The van der Waals surface area contributed by atoms with E-state index in [2.05, 4.69) is 31.9 Å². The van der Waals surface area contributed by atoms with E-state index in [4.69, 9.17) is 16.6 Å². The van der Waals surface area contributed by atoms with Crippen LogP contribution < -0.4 is 43.4 Å². The number of carbonyl (C=O) groups is 8. The first kappa shape index (κ1) is 41.6. The highest BCUT2D eigenvalue weighted by atomic mass is 16.4. The van der Waals surface area contributed by atoms with E-state index in [0.29, 0.717) is 0 Å². The van der Waals surface area contributed by atoms with Crippen molar-refractivity contribution < 1.29 is 53.7 Å². The predicted molar refractivity (Wildman–Crippen MR) is 161 cm³/mol. The molecule has 7 atom stereocenters. The highest BCUT2D eigenvalue weighted by Crippen LogP contribution is 2.06. The second-order valence-corrected chi connectivity index (χ2v) is 11.4. The van der Waals surface area contributed by atoms with Gasteiger partial charge in [-0.3, -0.25) is 33.6 Å². The van der Waals surface area contributed by atoms with Gasteiger partial charge in [0.25, 0.3) is 0 Å². The van der Waals surface area contributed by atoms with Crippen LogP contribution in [0.3, 0.4) is 0 Å². The maximum Gasteiger partial charge on any atom is 0.326 e. The molecule has 46 heavy (non-hydrogen) atoms. The number of carboxylic acids is 1. The first-order chi connectivity index (χ1) is 21.2. The number of nitrogens with one attached hydrogen (secondary N) is 6. The summed E-state index contributed by atoms with van der Waals surface area (Å²) in [6.07, 6.45) is -2.23. The van der Waals surface area contributed by atoms with Gasteiger partial charge < -0.3 is 58.7 Å². The van der Waals surface area contributed by atoms with Crippen molar-refractivity contribution >= 4 is 47.3 Å². The molecule has 0 aliphatic heterocycles. The number of aliphatic hydroxyl groups is 2. The Hall–Kier alpha value is -4.36. The molecule has 0 saturated heterocycles. The van der Waals surface area contributed by atoms with E-state index in [1.165, 1.54) is 13.8 Å². The third kappa shape index (κ3) is 14.6. The number of aliphatic hydroxyl groups excluding tert-OH is 2. The standard InChI is InChI=1S/C27H48N8O11/c1-11(2)19(34-23(41)15(28)10-36)25(43)35-21(14(6)37)26(44)32-16(7-8-17(29)38)24(42)31-13(5)22(40)30-9-18(39)33-20(12(3)4)27(45)46/h11-16,19-21,36-37H,7-10,28H2,1-6H3,(H2,29,38)(H,30,40)(H,31,42)(H,32,44)(H,33,39)(H,34,41)(H,35,43)(H,45,46)/t13-,14+,15-,16-,19-,20-,21-/m0/s1. The maximum absolute atomic E-state index is 13.1. The van der Waals surface area contributed by atoms with Crippen LogP contribution >= 0.6 is 0 Å². The molecule has 0 spiro atoms. The molecule has 7 amide bonds. The van der Waals surface area contributed by atoms with Crippen molar-refractivity contribution in [1.82, 2.24) is 31.9 Å². The molecule has 0 aromatic carbocycles. The Morgan fingerprint density at radius 1 is 0.674 bits per heavy atom. The van der Waals surface area contributed by atoms with Crippen molar-refractivity contribution in [1.29, 1.82) is 0 Å². The van der Waals surface area contributed by atoms with Gasteiger partial charge in [-0.1, -0.05) is 27.7 Å². The fraction of sp³-hybridized carbons (Fsp3) is 0.704. The molecule has 0 aliphatic rings. The van der Waals surface area contributed by atoms with Gasteiger partial charge in [0.2, 0.25) is 41.4 Å². The van der Waals surface area contributed by atoms with Gasteiger partial charge in [-0.05, 0) is 32.1 Å². The van der Waals surface area contributed by atoms with Crippen LogP contribution in [0.1, 0.15) is 54.4 Å². The average molecular weight is 661 g/mol. The molecule has 0 heterocycles. The zero-order valence-corrected chi connectivity index (χ0v) is 26.8. The molecule has 13 N–H and O–H groups in total. The molecule has 0 aromatic rings. The normalized spacial score (nSPS) is 15.6. The zero-order valence-electron chi connectivity index (χ0n) is 26.8. The van der Waals surface area contributed by atoms with E-state index in [0.717, 1.165) is 0 Å². The van der Waals surface area contributed by atoms with Crippen LogP contribution in [0.4, 0.5) is 0 Å². The average Bonchev–Trinajstić information content (AvgIpc) is 2.96. The fourth-order valence-corrected chi connectivity index (χ4v) is 3.78. The summed E-state index contributed by atoms with van der Waals surface area (Å²) >= 11 is 0. The molecular weight excluding hydrogens is 612 g/mol. The molecule has 0 aromatic heterocycles. The Balaban J connectivity index is 5.61. The third-order valence-electron chi connectivity index (χ3n) is 6.58. The highest BCUT2D eigenvalue weighted by Gasteiger charge is 2.34. The van der Waals surface area contributed by atoms with E-state index in [-0.39, 0.29) is 12.8 Å². The third-order valence-corrected chi connectivity index (χ3v) is 6.58. The Bertz CT molecular complexity index is 1120. The number of primary amides is 1. The molecule has 0 fully saturated rings. The highest BCUT2D eigenvalue weighted by molar-refractivity contribution is 5.96. The van der Waals surface area contributed by atoms with Crippen molar-refractivity contribution in [2.75, 3.05) is 13.2 Å². The smallest absolute Gasteiger partial charge is 0.326 e. The second-order valence-electron chi connectivity index (χ2n) is 11.4. The van der Waals surface area contributed by atoms with Crippen molar-refractivity contribution in [2.45, 2.75) is 96.7 Å². The van der Waals surface area contributed by atoms with E-state index in [1.54, 1.807) is 27.7 Å². The van der Waals surface area contributed by atoms with Crippen LogP contribution in [0.2, 0.25) is 0 Å². The largest absolute Gasteiger partial charge is 0.480 e. The van der Waals surface area contributed by atoms with Gasteiger partial charge in [-0.25, -0.2) is 4.79 Å². The van der Waals surface area contributed by atoms with E-state index >= 15 is 0 Å². The molecule has 19 nitrogen and oxygen atoms in total. The molecule has 0 aliphatic carbocycles. The minimum absolute atomic E-state index is 0.334. The molecule has 0 saturated carbocycles. The Kier molecular flexibility index (Phi) is 18.0. The quantitative estimate of drug-likeness (QED) is 0.0584. The summed E-state index contributed by atoms with van der Waals surface area (Å²) in [5.74, 6) is -8.38. The SMILES string of the molecule is CC(C)[C@H](NC(=O)CNC(=O)[C@H](C)NC(=O)[C@H](CCC(N)=O)NC(=O)[C@@H](NC(=O)[C@@H](NC(=O)[C@@H](N)CO)C(C)C)[C@@H](C)O)C(=O)O. The number of amides is 7. The lowest BCUT2D eigenvalue weighted by Gasteiger charge is -2.28. The second kappa shape index (κ2) is 19.9. The van der Waals surface area contributed by atoms with Crippen LogP contribution in [-0.4, -0.2) is 118 Å². The van der Waals surface area contributed by atoms with E-state index < -0.39 is 115 Å². The molecule has 0 radical (unpaired) electrons. The van der Waals surface area contributed by atoms with Gasteiger partial charge in [0, 0.05) is 6.42 Å². The number of nitrogens with two attached hydrogens (primary N) is 2. The van der Waals surface area contributed by atoms with Crippen molar-refractivity contribution in [3.63, 3.8) is 0 Å². The molecule has 0 bridgehead atoms. The summed E-state index contributed by atoms with van der Waals surface area (Å²) < 4.78 is 0. The summed E-state index contributed by atoms with van der Waals surface area (Å²) in [6.45, 7) is 7.48. The fourth-order valence-electron chi connectivity index (χ4n) is 3.78. The minimum Gasteiger partial charge on any atom is -0.480 e. The lowest BCUT2D eigenvalue weighted by molar-refractivity contribution is -0.143. The van der Waals surface area contributed by atoms with Crippen LogP contribution in [0.25, 0.3) is 0 Å². The number of hydrogen-bond donors (Lipinski definition) is 11. The summed E-state index contributed by atoms with van der Waals surface area (Å²) in [5.41, 5.74) is 10.7. The summed E-state index contributed by atoms with van der Waals surface area (Å²) in [4.78, 5) is 98.6. The lowest BCUT2D eigenvalue weighted by Crippen LogP contribution is -2.62. The Labute approximate surface area is 266 Å². The van der Waals surface area contributed by atoms with Gasteiger partial charge >= 0.3 is 5.97 Å². The summed E-state index contributed by atoms with van der Waals surface area (Å²) in [5, 5.41) is 42.3. The van der Waals surface area contributed by atoms with Crippen molar-refractivity contribution in [2.24, 2.45) is 23.3 Å². The van der Waals surface area contributed by atoms with Crippen LogP contribution in [0.15, 0.2) is 0 Å². The van der Waals surface area contributed by atoms with E-state index in [1.807, 2.05) is 0 Å². The summed E-state index contributed by atoms with van der Waals surface area (Å²) in [6, 6.07) is -8.14. The maximum atomic E-state index is 13.1. The van der Waals surface area contributed by atoms with Crippen LogP contribution in [0, 0.1) is 11.8 Å². The monoisotopic (exact) mass is 660 g/mol. The van der Waals surface area contributed by atoms with Gasteiger partial charge in [0.05, 0.1) is 19.3 Å². The van der Waals surface area contributed by atoms with Crippen molar-refractivity contribution in [3.05, 3.63) is 0 Å². The minimum atomic E-state index is -1.65. The first-order valence-electron chi connectivity index (χ1n) is 14.6. The predicted octanol–water partition coefficient (Wildman–Crippen LogP) is -5.09. The Morgan fingerprint density at radius 3 is 1.65 bits per heavy atom.